The van der Waals surface area contributed by atoms with Crippen molar-refractivity contribution >= 4 is 33.2 Å². The topological polar surface area (TPSA) is 46.0 Å². The van der Waals surface area contributed by atoms with Crippen LogP contribution in [0, 0.1) is 0 Å². The van der Waals surface area contributed by atoms with E-state index < -0.39 is 11.6 Å². The van der Waals surface area contributed by atoms with Crippen LogP contribution in [0.15, 0.2) is 210 Å². The quantitative estimate of drug-likeness (QED) is 0.183. The molecule has 1 N–H and O–H groups in total. The van der Waals surface area contributed by atoms with Crippen LogP contribution in [0.1, 0.15) is 45.1 Å². The highest BCUT2D eigenvalue weighted by molar-refractivity contribution is 6.18. The molecule has 9 aromatic carbocycles. The zero-order valence-electron chi connectivity index (χ0n) is 31.4. The molecule has 1 spiro atoms. The number of hydrogen-bond acceptors (Lipinski definition) is 4. The second-order valence-electron chi connectivity index (χ2n) is 15.3. The van der Waals surface area contributed by atoms with Gasteiger partial charge in [-0.1, -0.05) is 188 Å². The molecule has 58 heavy (non-hydrogen) atoms. The SMILES string of the molecule is c1ccc(C2=NC(c3ccc4c(ccc5ccccc54)c3)N=C(c3ccccc3-c3cccc4c3Oc3ccccc3C43c4ccccc4-c4ccccc43)N2)cc1. The van der Waals surface area contributed by atoms with E-state index in [1.807, 2.05) is 6.07 Å². The summed E-state index contributed by atoms with van der Waals surface area (Å²) in [6, 6.07) is 71.3. The van der Waals surface area contributed by atoms with E-state index in [0.29, 0.717) is 0 Å². The van der Waals surface area contributed by atoms with E-state index >= 15 is 0 Å². The Bertz CT molecular complexity index is 3150. The zero-order chi connectivity index (χ0) is 38.2. The lowest BCUT2D eigenvalue weighted by atomic mass is 9.65. The predicted octanol–water partition coefficient (Wildman–Crippen LogP) is 12.6. The number of nitrogens with zero attached hydrogens (tertiary/aromatic N) is 2. The number of ether oxygens (including phenoxy) is 1. The van der Waals surface area contributed by atoms with E-state index in [2.05, 4.69) is 199 Å². The number of aliphatic imine (C=N–C) groups is 2. The van der Waals surface area contributed by atoms with Gasteiger partial charge in [-0.3, -0.25) is 0 Å². The van der Waals surface area contributed by atoms with Gasteiger partial charge in [0.05, 0.1) is 5.41 Å². The molecule has 1 unspecified atom stereocenters. The van der Waals surface area contributed by atoms with Crippen molar-refractivity contribution in [2.24, 2.45) is 9.98 Å². The summed E-state index contributed by atoms with van der Waals surface area (Å²) in [6.07, 6.45) is -0.460. The van der Waals surface area contributed by atoms with Crippen LogP contribution in [0.25, 0.3) is 43.8 Å². The van der Waals surface area contributed by atoms with Crippen LogP contribution in [0.3, 0.4) is 0 Å². The van der Waals surface area contributed by atoms with E-state index in [4.69, 9.17) is 14.7 Å². The number of para-hydroxylation sites is 2. The van der Waals surface area contributed by atoms with Gasteiger partial charge in [0.15, 0.2) is 6.17 Å². The highest BCUT2D eigenvalue weighted by Gasteiger charge is 2.51. The van der Waals surface area contributed by atoms with Crippen molar-refractivity contribution in [1.82, 2.24) is 5.32 Å². The van der Waals surface area contributed by atoms with Crippen LogP contribution in [0.2, 0.25) is 0 Å². The Morgan fingerprint density at radius 3 is 1.81 bits per heavy atom. The molecular weight excluding hydrogens is 707 g/mol. The first-order chi connectivity index (χ1) is 28.8. The van der Waals surface area contributed by atoms with Gasteiger partial charge in [0.1, 0.15) is 23.2 Å². The minimum absolute atomic E-state index is 0.460. The van der Waals surface area contributed by atoms with Gasteiger partial charge in [0.25, 0.3) is 0 Å². The first-order valence-electron chi connectivity index (χ1n) is 19.9. The van der Waals surface area contributed by atoms with Gasteiger partial charge in [-0.05, 0) is 67.1 Å². The highest BCUT2D eigenvalue weighted by Crippen LogP contribution is 2.63. The lowest BCUT2D eigenvalue weighted by Gasteiger charge is -2.40. The van der Waals surface area contributed by atoms with Crippen molar-refractivity contribution in [1.29, 1.82) is 0 Å². The molecule has 0 bridgehead atoms. The second kappa shape index (κ2) is 12.7. The summed E-state index contributed by atoms with van der Waals surface area (Å²) in [6.45, 7) is 0. The maximum atomic E-state index is 7.09. The molecule has 12 rings (SSSR count). The molecule has 0 saturated carbocycles. The van der Waals surface area contributed by atoms with Crippen molar-refractivity contribution in [3.05, 3.63) is 239 Å². The molecule has 2 aliphatic heterocycles. The Morgan fingerprint density at radius 2 is 1.00 bits per heavy atom. The summed E-state index contributed by atoms with van der Waals surface area (Å²) in [5.41, 5.74) is 11.8. The van der Waals surface area contributed by atoms with Crippen LogP contribution in [-0.2, 0) is 5.41 Å². The summed E-state index contributed by atoms with van der Waals surface area (Å²) >= 11 is 0. The van der Waals surface area contributed by atoms with Crippen molar-refractivity contribution in [3.63, 3.8) is 0 Å². The minimum Gasteiger partial charge on any atom is -0.456 e. The lowest BCUT2D eigenvalue weighted by molar-refractivity contribution is 0.438. The Kier molecular flexibility index (Phi) is 7.17. The summed E-state index contributed by atoms with van der Waals surface area (Å²) < 4.78 is 7.09. The van der Waals surface area contributed by atoms with E-state index in [1.54, 1.807) is 0 Å². The van der Waals surface area contributed by atoms with Crippen LogP contribution >= 0.6 is 0 Å². The van der Waals surface area contributed by atoms with Crippen LogP contribution in [-0.4, -0.2) is 11.7 Å². The van der Waals surface area contributed by atoms with Crippen LogP contribution < -0.4 is 10.1 Å². The lowest BCUT2D eigenvalue weighted by Crippen LogP contribution is -2.36. The normalized spacial score (nSPS) is 15.7. The number of amidine groups is 2. The smallest absolute Gasteiger partial charge is 0.169 e. The van der Waals surface area contributed by atoms with Gasteiger partial charge >= 0.3 is 0 Å². The number of fused-ring (bicyclic) bond motifs is 12. The fourth-order valence-corrected chi connectivity index (χ4v) is 9.69. The molecule has 0 radical (unpaired) electrons. The van der Waals surface area contributed by atoms with E-state index in [0.717, 1.165) is 62.1 Å². The summed E-state index contributed by atoms with van der Waals surface area (Å²) in [4.78, 5) is 10.7. The fraction of sp³-hybridized carbons (Fsp3) is 0.0370. The van der Waals surface area contributed by atoms with Crippen molar-refractivity contribution in [3.8, 4) is 33.8 Å². The Balaban J connectivity index is 1.05. The Morgan fingerprint density at radius 1 is 0.414 bits per heavy atom. The second-order valence-corrected chi connectivity index (χ2v) is 15.3. The summed E-state index contributed by atoms with van der Waals surface area (Å²) in [5.74, 6) is 3.25. The molecule has 9 aromatic rings. The van der Waals surface area contributed by atoms with Crippen molar-refractivity contribution < 1.29 is 4.74 Å². The molecule has 0 amide bonds. The highest BCUT2D eigenvalue weighted by atomic mass is 16.5. The van der Waals surface area contributed by atoms with Gasteiger partial charge in [-0.15, -0.1) is 0 Å². The molecule has 1 aliphatic carbocycles. The Labute approximate surface area is 336 Å². The number of rotatable bonds is 4. The van der Waals surface area contributed by atoms with E-state index in [1.165, 1.54) is 43.8 Å². The summed E-state index contributed by atoms with van der Waals surface area (Å²) in [7, 11) is 0. The minimum atomic E-state index is -0.553. The van der Waals surface area contributed by atoms with Gasteiger partial charge in [-0.25, -0.2) is 9.98 Å². The van der Waals surface area contributed by atoms with E-state index in [-0.39, 0.29) is 0 Å². The molecule has 2 heterocycles. The fourth-order valence-electron chi connectivity index (χ4n) is 9.69. The number of benzene rings is 9. The molecule has 4 nitrogen and oxygen atoms in total. The first kappa shape index (κ1) is 32.7. The monoisotopic (exact) mass is 741 g/mol. The molecule has 272 valence electrons. The van der Waals surface area contributed by atoms with Crippen LogP contribution in [0.4, 0.5) is 0 Å². The average Bonchev–Trinajstić information content (AvgIpc) is 3.59. The van der Waals surface area contributed by atoms with Crippen molar-refractivity contribution in [2.45, 2.75) is 11.6 Å². The molecular formula is C54H35N3O. The maximum absolute atomic E-state index is 7.09. The molecule has 0 aromatic heterocycles. The standard InChI is InChI=1S/C54H35N3O/c1-2-16-35(17-3-1)51-55-52(37-31-32-39-36(33-37)30-29-34-15-4-5-18-38(34)39)57-53(56-51)44-22-7-6-19-40(44)43-23-14-27-48-50(43)58-49-28-13-12-26-47(49)54(48)45-24-10-8-20-41(45)42-21-9-11-25-46(42)54/h1-33,52H,(H,55,56,57). The van der Waals surface area contributed by atoms with Gasteiger partial charge in [0.2, 0.25) is 0 Å². The third kappa shape index (κ3) is 4.75. The van der Waals surface area contributed by atoms with Crippen LogP contribution in [0.5, 0.6) is 11.5 Å². The average molecular weight is 742 g/mol. The zero-order valence-corrected chi connectivity index (χ0v) is 31.4. The molecule has 3 aliphatic rings. The van der Waals surface area contributed by atoms with E-state index in [9.17, 15) is 0 Å². The number of hydrogen-bond donors (Lipinski definition) is 1. The number of nitrogens with one attached hydrogen (secondary N) is 1. The predicted molar refractivity (Wildman–Crippen MR) is 236 cm³/mol. The third-order valence-corrected chi connectivity index (χ3v) is 12.2. The molecule has 0 saturated heterocycles. The van der Waals surface area contributed by atoms with Gasteiger partial charge < -0.3 is 10.1 Å². The first-order valence-corrected chi connectivity index (χ1v) is 19.9. The summed E-state index contributed by atoms with van der Waals surface area (Å²) in [5, 5.41) is 8.55. The van der Waals surface area contributed by atoms with Gasteiger partial charge in [0, 0.05) is 27.8 Å². The third-order valence-electron chi connectivity index (χ3n) is 12.2. The Hall–Kier alpha value is -7.56. The maximum Gasteiger partial charge on any atom is 0.169 e. The largest absolute Gasteiger partial charge is 0.456 e. The molecule has 4 heteroatoms. The molecule has 0 fully saturated rings. The van der Waals surface area contributed by atoms with Gasteiger partial charge in [-0.2, -0.15) is 0 Å². The van der Waals surface area contributed by atoms with Crippen molar-refractivity contribution in [2.75, 3.05) is 0 Å². The molecule has 1 atom stereocenters.